The smallest absolute Gasteiger partial charge is 0.131 e. The number of benzene rings is 2. The van der Waals surface area contributed by atoms with Gasteiger partial charge in [0.25, 0.3) is 0 Å². The summed E-state index contributed by atoms with van der Waals surface area (Å²) in [6, 6.07) is 15.8. The maximum atomic E-state index is 12.9. The van der Waals surface area contributed by atoms with Gasteiger partial charge in [0.1, 0.15) is 17.1 Å². The van der Waals surface area contributed by atoms with Crippen molar-refractivity contribution in [3.63, 3.8) is 0 Å². The highest BCUT2D eigenvalue weighted by molar-refractivity contribution is 7.89. The largest absolute Gasteiger partial charge is 0.497 e. The van der Waals surface area contributed by atoms with Crippen LogP contribution in [-0.4, -0.2) is 11.3 Å². The van der Waals surface area contributed by atoms with Crippen LogP contribution in [0.1, 0.15) is 37.8 Å². The van der Waals surface area contributed by atoms with Crippen molar-refractivity contribution in [1.82, 2.24) is 0 Å². The Bertz CT molecular complexity index is 806. The molecule has 0 aliphatic carbocycles. The zero-order chi connectivity index (χ0) is 18.0. The van der Waals surface area contributed by atoms with E-state index in [-0.39, 0.29) is 0 Å². The van der Waals surface area contributed by atoms with Gasteiger partial charge in [0.15, 0.2) is 0 Å². The van der Waals surface area contributed by atoms with Gasteiger partial charge in [-0.1, -0.05) is 29.8 Å². The lowest BCUT2D eigenvalue weighted by Crippen LogP contribution is -2.29. The van der Waals surface area contributed by atoms with Gasteiger partial charge in [-0.05, 0) is 63.4 Å². The van der Waals surface area contributed by atoms with Crippen LogP contribution < -0.4 is 4.74 Å². The molecular formula is C21H24O3S. The van der Waals surface area contributed by atoms with Gasteiger partial charge < -0.3 is 9.47 Å². The molecule has 3 rings (SSSR count). The standard InChI is InChI=1S/C21H24O3S/c1-15-5-11-19(12-6-15)25(22)20-13-14-21(3,24-16(20)2)17-7-9-18(23-4)10-8-17/h5-12H,13-14H2,1-4H3/t21-,25+/m1/s1. The minimum atomic E-state index is -1.17. The maximum absolute atomic E-state index is 12.9. The Balaban J connectivity index is 1.84. The van der Waals surface area contributed by atoms with E-state index in [1.807, 2.05) is 62.4 Å². The fraction of sp³-hybridized carbons (Fsp3) is 0.333. The number of allylic oxidation sites excluding steroid dienone is 2. The third kappa shape index (κ3) is 3.64. The summed E-state index contributed by atoms with van der Waals surface area (Å²) in [4.78, 5) is 1.71. The van der Waals surface area contributed by atoms with E-state index in [0.29, 0.717) is 0 Å². The molecule has 132 valence electrons. The summed E-state index contributed by atoms with van der Waals surface area (Å²) in [5.41, 5.74) is 1.86. The third-order valence-corrected chi connectivity index (χ3v) is 6.40. The Kier molecular flexibility index (Phi) is 5.00. The Morgan fingerprint density at radius 2 is 1.68 bits per heavy atom. The summed E-state index contributed by atoms with van der Waals surface area (Å²) >= 11 is 0. The number of rotatable bonds is 4. The second-order valence-corrected chi connectivity index (χ2v) is 8.12. The van der Waals surface area contributed by atoms with Gasteiger partial charge in [-0.15, -0.1) is 0 Å². The molecule has 2 atom stereocenters. The molecule has 3 nitrogen and oxygen atoms in total. The van der Waals surface area contributed by atoms with Crippen LogP contribution in [0, 0.1) is 6.92 Å². The lowest BCUT2D eigenvalue weighted by atomic mass is 9.89. The average Bonchev–Trinajstić information content (AvgIpc) is 2.62. The summed E-state index contributed by atoms with van der Waals surface area (Å²) in [5.74, 6) is 1.60. The van der Waals surface area contributed by atoms with Crippen LogP contribution in [0.15, 0.2) is 64.1 Å². The molecule has 0 fully saturated rings. The maximum Gasteiger partial charge on any atom is 0.131 e. The predicted molar refractivity (Wildman–Crippen MR) is 101 cm³/mol. The van der Waals surface area contributed by atoms with E-state index in [9.17, 15) is 4.21 Å². The van der Waals surface area contributed by atoms with Crippen LogP contribution in [0.3, 0.4) is 0 Å². The molecule has 0 radical (unpaired) electrons. The topological polar surface area (TPSA) is 35.5 Å². The van der Waals surface area contributed by atoms with Crippen molar-refractivity contribution in [3.05, 3.63) is 70.3 Å². The fourth-order valence-corrected chi connectivity index (χ4v) is 4.41. The Hall–Kier alpha value is -2.07. The molecule has 0 bridgehead atoms. The molecule has 0 aromatic heterocycles. The number of aryl methyl sites for hydroxylation is 1. The molecule has 0 saturated heterocycles. The lowest BCUT2D eigenvalue weighted by molar-refractivity contribution is -0.00466. The van der Waals surface area contributed by atoms with Crippen molar-refractivity contribution < 1.29 is 13.7 Å². The molecule has 1 aliphatic rings. The van der Waals surface area contributed by atoms with Crippen molar-refractivity contribution in [2.24, 2.45) is 0 Å². The van der Waals surface area contributed by atoms with E-state index < -0.39 is 16.4 Å². The van der Waals surface area contributed by atoms with Gasteiger partial charge in [0.2, 0.25) is 0 Å². The highest BCUT2D eigenvalue weighted by Gasteiger charge is 2.35. The van der Waals surface area contributed by atoms with Crippen molar-refractivity contribution in [3.8, 4) is 5.75 Å². The van der Waals surface area contributed by atoms with Gasteiger partial charge in [0.05, 0.1) is 22.8 Å². The van der Waals surface area contributed by atoms with Gasteiger partial charge in [0, 0.05) is 4.90 Å². The van der Waals surface area contributed by atoms with Crippen molar-refractivity contribution in [2.75, 3.05) is 7.11 Å². The van der Waals surface area contributed by atoms with E-state index in [1.54, 1.807) is 7.11 Å². The molecule has 0 N–H and O–H groups in total. The zero-order valence-electron chi connectivity index (χ0n) is 15.2. The second kappa shape index (κ2) is 7.04. The molecule has 4 heteroatoms. The van der Waals surface area contributed by atoms with E-state index >= 15 is 0 Å². The first-order chi connectivity index (χ1) is 11.9. The van der Waals surface area contributed by atoms with Gasteiger partial charge in [-0.3, -0.25) is 0 Å². The van der Waals surface area contributed by atoms with Crippen LogP contribution in [-0.2, 0) is 21.1 Å². The molecule has 2 aromatic rings. The van der Waals surface area contributed by atoms with E-state index in [4.69, 9.17) is 9.47 Å². The lowest BCUT2D eigenvalue weighted by Gasteiger charge is -2.36. The highest BCUT2D eigenvalue weighted by Crippen LogP contribution is 2.41. The normalized spacial score (nSPS) is 21.6. The molecule has 25 heavy (non-hydrogen) atoms. The molecule has 1 aliphatic heterocycles. The monoisotopic (exact) mass is 356 g/mol. The molecule has 1 heterocycles. The summed E-state index contributed by atoms with van der Waals surface area (Å²) in [7, 11) is 0.492. The number of hydrogen-bond acceptors (Lipinski definition) is 3. The first-order valence-corrected chi connectivity index (χ1v) is 9.60. The quantitative estimate of drug-likeness (QED) is 0.767. The van der Waals surface area contributed by atoms with E-state index in [0.717, 1.165) is 39.7 Å². The Morgan fingerprint density at radius 3 is 2.24 bits per heavy atom. The van der Waals surface area contributed by atoms with Gasteiger partial charge >= 0.3 is 0 Å². The minimum absolute atomic E-state index is 0.405. The molecule has 0 saturated carbocycles. The zero-order valence-corrected chi connectivity index (χ0v) is 16.0. The van der Waals surface area contributed by atoms with Crippen LogP contribution in [0.25, 0.3) is 0 Å². The Morgan fingerprint density at radius 1 is 1.04 bits per heavy atom. The van der Waals surface area contributed by atoms with Crippen LogP contribution >= 0.6 is 0 Å². The van der Waals surface area contributed by atoms with Crippen molar-refractivity contribution >= 4 is 10.8 Å². The van der Waals surface area contributed by atoms with Crippen molar-refractivity contribution in [1.29, 1.82) is 0 Å². The molecule has 2 aromatic carbocycles. The third-order valence-electron chi connectivity index (χ3n) is 4.76. The van der Waals surface area contributed by atoms with Gasteiger partial charge in [-0.2, -0.15) is 0 Å². The van der Waals surface area contributed by atoms with E-state index in [2.05, 4.69) is 6.92 Å². The predicted octanol–water partition coefficient (Wildman–Crippen LogP) is 5.07. The molecule has 0 amide bonds. The van der Waals surface area contributed by atoms with Crippen LogP contribution in [0.4, 0.5) is 0 Å². The summed E-state index contributed by atoms with van der Waals surface area (Å²) in [6.45, 7) is 6.04. The first kappa shape index (κ1) is 17.7. The summed E-state index contributed by atoms with van der Waals surface area (Å²) in [6.07, 6.45) is 1.55. The SMILES string of the molecule is COc1ccc([C@@]2(C)CCC([S@@](=O)c3ccc(C)cc3)=C(C)O2)cc1. The summed E-state index contributed by atoms with van der Waals surface area (Å²) < 4.78 is 24.4. The molecular weight excluding hydrogens is 332 g/mol. The number of hydrogen-bond donors (Lipinski definition) is 0. The highest BCUT2D eigenvalue weighted by atomic mass is 32.2. The second-order valence-electron chi connectivity index (χ2n) is 6.62. The first-order valence-electron chi connectivity index (χ1n) is 8.45. The number of methoxy groups -OCH3 is 1. The van der Waals surface area contributed by atoms with Crippen molar-refractivity contribution in [2.45, 2.75) is 44.1 Å². The Labute approximate surface area is 152 Å². The average molecular weight is 356 g/mol. The van der Waals surface area contributed by atoms with E-state index in [1.165, 1.54) is 5.56 Å². The fourth-order valence-electron chi connectivity index (χ4n) is 3.15. The van der Waals surface area contributed by atoms with Crippen LogP contribution in [0.2, 0.25) is 0 Å². The minimum Gasteiger partial charge on any atom is -0.497 e. The number of ether oxygens (including phenoxy) is 2. The summed E-state index contributed by atoms with van der Waals surface area (Å²) in [5, 5.41) is 0. The molecule has 0 unspecified atom stereocenters. The molecule has 0 spiro atoms. The van der Waals surface area contributed by atoms with Crippen LogP contribution in [0.5, 0.6) is 5.75 Å². The van der Waals surface area contributed by atoms with Gasteiger partial charge in [-0.25, -0.2) is 4.21 Å².